The molecular formula is C17H11F2NO. The van der Waals surface area contributed by atoms with E-state index in [0.29, 0.717) is 16.8 Å². The molecule has 0 aliphatic heterocycles. The molecule has 0 bridgehead atoms. The molecule has 104 valence electrons. The van der Waals surface area contributed by atoms with Crippen LogP contribution in [-0.4, -0.2) is 4.98 Å². The van der Waals surface area contributed by atoms with Crippen molar-refractivity contribution in [2.45, 2.75) is 0 Å². The van der Waals surface area contributed by atoms with Crippen LogP contribution in [0.3, 0.4) is 0 Å². The van der Waals surface area contributed by atoms with Gasteiger partial charge in [0.15, 0.2) is 0 Å². The molecule has 0 radical (unpaired) electrons. The highest BCUT2D eigenvalue weighted by atomic mass is 19.1. The van der Waals surface area contributed by atoms with Crippen LogP contribution in [0.25, 0.3) is 22.4 Å². The molecule has 0 unspecified atom stereocenters. The van der Waals surface area contributed by atoms with Crippen LogP contribution in [0.15, 0.2) is 65.5 Å². The first-order valence-electron chi connectivity index (χ1n) is 6.38. The van der Waals surface area contributed by atoms with Crippen molar-refractivity contribution in [1.82, 2.24) is 4.98 Å². The minimum atomic E-state index is -0.337. The van der Waals surface area contributed by atoms with Crippen molar-refractivity contribution in [3.05, 3.63) is 82.7 Å². The summed E-state index contributed by atoms with van der Waals surface area (Å²) in [4.78, 5) is 14.5. The zero-order valence-electron chi connectivity index (χ0n) is 10.9. The van der Waals surface area contributed by atoms with E-state index in [4.69, 9.17) is 0 Å². The Morgan fingerprint density at radius 2 is 1.19 bits per heavy atom. The third-order valence-electron chi connectivity index (χ3n) is 3.18. The number of aromatic amines is 1. The lowest BCUT2D eigenvalue weighted by molar-refractivity contribution is 0.627. The Balaban J connectivity index is 2.10. The summed E-state index contributed by atoms with van der Waals surface area (Å²) in [6.07, 6.45) is 0. The number of hydrogen-bond donors (Lipinski definition) is 1. The van der Waals surface area contributed by atoms with Crippen molar-refractivity contribution in [3.63, 3.8) is 0 Å². The first-order valence-corrected chi connectivity index (χ1v) is 6.38. The minimum absolute atomic E-state index is 0.267. The quantitative estimate of drug-likeness (QED) is 0.758. The van der Waals surface area contributed by atoms with Crippen molar-refractivity contribution in [2.75, 3.05) is 0 Å². The Morgan fingerprint density at radius 1 is 0.667 bits per heavy atom. The summed E-state index contributed by atoms with van der Waals surface area (Å²) in [5, 5.41) is 0. The Bertz CT molecular complexity index is 754. The van der Waals surface area contributed by atoms with Crippen molar-refractivity contribution in [1.29, 1.82) is 0 Å². The Morgan fingerprint density at radius 3 is 1.76 bits per heavy atom. The van der Waals surface area contributed by atoms with Crippen molar-refractivity contribution < 1.29 is 8.78 Å². The predicted octanol–water partition coefficient (Wildman–Crippen LogP) is 3.99. The lowest BCUT2D eigenvalue weighted by Crippen LogP contribution is -2.05. The number of hydrogen-bond acceptors (Lipinski definition) is 1. The molecule has 0 amide bonds. The van der Waals surface area contributed by atoms with Gasteiger partial charge < -0.3 is 4.98 Å². The van der Waals surface area contributed by atoms with Gasteiger partial charge in [0.05, 0.1) is 0 Å². The van der Waals surface area contributed by atoms with Gasteiger partial charge in [0, 0.05) is 11.8 Å². The van der Waals surface area contributed by atoms with Crippen LogP contribution in [0.1, 0.15) is 0 Å². The molecule has 0 aliphatic rings. The van der Waals surface area contributed by atoms with Crippen LogP contribution in [0.4, 0.5) is 8.78 Å². The highest BCUT2D eigenvalue weighted by molar-refractivity contribution is 5.70. The molecule has 0 atom stereocenters. The fraction of sp³-hybridized carbons (Fsp3) is 0. The maximum atomic E-state index is 13.0. The minimum Gasteiger partial charge on any atom is -0.322 e. The number of aromatic nitrogens is 1. The molecule has 0 saturated carbocycles. The molecule has 2 aromatic carbocycles. The van der Waals surface area contributed by atoms with Crippen LogP contribution < -0.4 is 5.56 Å². The Kier molecular flexibility index (Phi) is 3.36. The molecule has 1 aromatic heterocycles. The smallest absolute Gasteiger partial charge is 0.249 e. The van der Waals surface area contributed by atoms with Gasteiger partial charge in [-0.2, -0.15) is 0 Å². The number of nitrogens with one attached hydrogen (secondary N) is 1. The highest BCUT2D eigenvalue weighted by Crippen LogP contribution is 2.23. The zero-order valence-corrected chi connectivity index (χ0v) is 10.9. The van der Waals surface area contributed by atoms with E-state index < -0.39 is 0 Å². The van der Waals surface area contributed by atoms with E-state index in [2.05, 4.69) is 4.98 Å². The van der Waals surface area contributed by atoms with E-state index >= 15 is 0 Å². The molecule has 2 nitrogen and oxygen atoms in total. The summed E-state index contributed by atoms with van der Waals surface area (Å²) in [6.45, 7) is 0. The van der Waals surface area contributed by atoms with Crippen LogP contribution in [0.5, 0.6) is 0 Å². The van der Waals surface area contributed by atoms with E-state index in [1.807, 2.05) is 0 Å². The second kappa shape index (κ2) is 5.32. The van der Waals surface area contributed by atoms with Gasteiger partial charge in [0.1, 0.15) is 11.6 Å². The second-order valence-corrected chi connectivity index (χ2v) is 4.66. The van der Waals surface area contributed by atoms with Gasteiger partial charge in [-0.3, -0.25) is 4.79 Å². The molecule has 0 aliphatic carbocycles. The summed E-state index contributed by atoms with van der Waals surface area (Å²) in [6, 6.07) is 15.0. The lowest BCUT2D eigenvalue weighted by atomic mass is 10.0. The van der Waals surface area contributed by atoms with Crippen molar-refractivity contribution in [3.8, 4) is 22.4 Å². The number of rotatable bonds is 2. The summed E-state index contributed by atoms with van der Waals surface area (Å²) < 4.78 is 25.9. The van der Waals surface area contributed by atoms with Crippen molar-refractivity contribution in [2.24, 2.45) is 0 Å². The van der Waals surface area contributed by atoms with Gasteiger partial charge in [-0.05, 0) is 59.2 Å². The lowest BCUT2D eigenvalue weighted by Gasteiger charge is -2.06. The van der Waals surface area contributed by atoms with E-state index in [9.17, 15) is 13.6 Å². The number of benzene rings is 2. The first-order chi connectivity index (χ1) is 10.1. The van der Waals surface area contributed by atoms with Crippen molar-refractivity contribution >= 4 is 0 Å². The van der Waals surface area contributed by atoms with Crippen LogP contribution in [0.2, 0.25) is 0 Å². The van der Waals surface area contributed by atoms with Gasteiger partial charge in [-0.1, -0.05) is 12.1 Å². The molecule has 0 saturated heterocycles. The largest absolute Gasteiger partial charge is 0.322 e. The summed E-state index contributed by atoms with van der Waals surface area (Å²) in [5.41, 5.74) is 2.44. The van der Waals surface area contributed by atoms with Gasteiger partial charge in [-0.25, -0.2) is 8.78 Å². The van der Waals surface area contributed by atoms with Gasteiger partial charge in [0.25, 0.3) is 0 Å². The van der Waals surface area contributed by atoms with Crippen LogP contribution in [-0.2, 0) is 0 Å². The van der Waals surface area contributed by atoms with Crippen LogP contribution >= 0.6 is 0 Å². The fourth-order valence-corrected chi connectivity index (χ4v) is 2.14. The maximum Gasteiger partial charge on any atom is 0.249 e. The molecule has 0 fully saturated rings. The summed E-state index contributed by atoms with van der Waals surface area (Å²) in [7, 11) is 0. The highest BCUT2D eigenvalue weighted by Gasteiger charge is 2.05. The van der Waals surface area contributed by atoms with Crippen LogP contribution in [0, 0.1) is 11.6 Å². The van der Waals surface area contributed by atoms with E-state index in [1.54, 1.807) is 30.3 Å². The second-order valence-electron chi connectivity index (χ2n) is 4.66. The van der Waals surface area contributed by atoms with Gasteiger partial charge in [-0.15, -0.1) is 0 Å². The third-order valence-corrected chi connectivity index (χ3v) is 3.18. The fourth-order valence-electron chi connectivity index (χ4n) is 2.14. The Labute approximate surface area is 119 Å². The average Bonchev–Trinajstić information content (AvgIpc) is 2.48. The van der Waals surface area contributed by atoms with E-state index in [0.717, 1.165) is 5.56 Å². The SMILES string of the molecule is O=c1cc(-c2ccc(F)cc2)cc(-c2ccc(F)cc2)[nH]1. The predicted molar refractivity (Wildman–Crippen MR) is 77.9 cm³/mol. The number of pyridine rings is 1. The van der Waals surface area contributed by atoms with E-state index in [1.165, 1.54) is 30.3 Å². The third kappa shape index (κ3) is 2.89. The molecule has 0 spiro atoms. The molecule has 21 heavy (non-hydrogen) atoms. The molecule has 4 heteroatoms. The normalized spacial score (nSPS) is 10.6. The monoisotopic (exact) mass is 283 g/mol. The molecule has 3 aromatic rings. The molecule has 3 rings (SSSR count). The van der Waals surface area contributed by atoms with Gasteiger partial charge >= 0.3 is 0 Å². The standard InChI is InChI=1S/C17H11F2NO/c18-14-5-1-11(2-6-14)13-9-16(20-17(21)10-13)12-3-7-15(19)8-4-12/h1-10H,(H,20,21). The molecular weight excluding hydrogens is 272 g/mol. The average molecular weight is 283 g/mol. The summed E-state index contributed by atoms with van der Waals surface area (Å²) in [5.74, 6) is -0.668. The maximum absolute atomic E-state index is 13.0. The summed E-state index contributed by atoms with van der Waals surface area (Å²) >= 11 is 0. The molecule has 1 N–H and O–H groups in total. The first kappa shape index (κ1) is 13.2. The number of H-pyrrole nitrogens is 1. The topological polar surface area (TPSA) is 32.9 Å². The zero-order chi connectivity index (χ0) is 14.8. The van der Waals surface area contributed by atoms with Gasteiger partial charge in [0.2, 0.25) is 5.56 Å². The molecule has 1 heterocycles. The Hall–Kier alpha value is -2.75. The number of halogens is 2. The van der Waals surface area contributed by atoms with E-state index in [-0.39, 0.29) is 17.2 Å².